The first-order chi connectivity index (χ1) is 23.4. The van der Waals surface area contributed by atoms with Gasteiger partial charge in [-0.15, -0.1) is 0 Å². The van der Waals surface area contributed by atoms with E-state index in [9.17, 15) is 38.5 Å². The third-order valence-electron chi connectivity index (χ3n) is 8.33. The molecule has 1 aromatic carbocycles. The van der Waals surface area contributed by atoms with E-state index in [1.807, 2.05) is 37.3 Å². The van der Waals surface area contributed by atoms with Crippen molar-refractivity contribution in [1.29, 1.82) is 0 Å². The van der Waals surface area contributed by atoms with Crippen molar-refractivity contribution in [1.82, 2.24) is 25.8 Å². The van der Waals surface area contributed by atoms with Gasteiger partial charge in [-0.05, 0) is 51.0 Å². The second-order valence-electron chi connectivity index (χ2n) is 12.1. The molecule has 0 saturated carbocycles. The number of hydrogen-bond donors (Lipinski definition) is 5. The number of carbonyl (C=O) groups is 5. The molecule has 1 aromatic rings. The Morgan fingerprint density at radius 1 is 1.02 bits per heavy atom. The van der Waals surface area contributed by atoms with Crippen molar-refractivity contribution in [3.63, 3.8) is 0 Å². The number of carbonyl (C=O) groups excluding carboxylic acids is 4. The zero-order valence-corrected chi connectivity index (χ0v) is 29.1. The number of likely N-dealkylation sites (tertiary alicyclic amines) is 1. The summed E-state index contributed by atoms with van der Waals surface area (Å²) in [5.41, 5.74) is 0.844. The predicted molar refractivity (Wildman–Crippen MR) is 177 cm³/mol. The van der Waals surface area contributed by atoms with Crippen molar-refractivity contribution < 1.29 is 52.5 Å². The number of benzene rings is 1. The van der Waals surface area contributed by atoms with E-state index in [0.29, 0.717) is 58.4 Å². The molecule has 2 heterocycles. The van der Waals surface area contributed by atoms with Crippen molar-refractivity contribution >= 4 is 37.5 Å². The van der Waals surface area contributed by atoms with Gasteiger partial charge >= 0.3 is 25.7 Å². The molecule has 5 amide bonds. The van der Waals surface area contributed by atoms with Crippen molar-refractivity contribution in [2.75, 3.05) is 39.4 Å². The number of urea groups is 1. The molecular weight excluding hydrogens is 661 g/mol. The molecule has 2 unspecified atom stereocenters. The standard InChI is InChI=1S/C32H50N5O11P/c1-3-4-15-27(49(44,45)48-23(2)29(39)37-17-10-14-26(37)30(40)41)35-28(38)25(34-31(42)36-18-20-46-21-19-36)13-8-9-16-33-32(43)47-22-24-11-6-5-7-12-24/h5-7,11-12,23,25-27H,3-4,8-10,13-22H2,1-2H3,(H,33,43)(H,34,42)(H,35,38)(H,40,41)(H,44,45)/t23?,25-,26-,27-/m0/s1. The number of unbranched alkanes of at least 4 members (excludes halogenated alkanes) is 2. The van der Waals surface area contributed by atoms with Crippen LogP contribution in [0.2, 0.25) is 0 Å². The summed E-state index contributed by atoms with van der Waals surface area (Å²) in [6.45, 7) is 5.06. The summed E-state index contributed by atoms with van der Waals surface area (Å²) in [4.78, 5) is 77.1. The van der Waals surface area contributed by atoms with E-state index < -0.39 is 61.5 Å². The van der Waals surface area contributed by atoms with E-state index in [1.54, 1.807) is 0 Å². The number of alkyl carbamates (subject to hydrolysis) is 1. The molecule has 49 heavy (non-hydrogen) atoms. The molecule has 17 heteroatoms. The zero-order valence-electron chi connectivity index (χ0n) is 28.2. The van der Waals surface area contributed by atoms with E-state index in [1.165, 1.54) is 11.8 Å². The lowest BCUT2D eigenvalue weighted by molar-refractivity contribution is -0.151. The third kappa shape index (κ3) is 12.9. The van der Waals surface area contributed by atoms with Gasteiger partial charge < -0.3 is 45.2 Å². The van der Waals surface area contributed by atoms with Gasteiger partial charge in [0.05, 0.1) is 13.2 Å². The van der Waals surface area contributed by atoms with Crippen molar-refractivity contribution in [2.24, 2.45) is 0 Å². The average Bonchev–Trinajstić information content (AvgIpc) is 3.59. The Balaban J connectivity index is 1.62. The number of carboxylic acids is 1. The Labute approximate surface area is 286 Å². The molecule has 2 saturated heterocycles. The summed E-state index contributed by atoms with van der Waals surface area (Å²) in [5.74, 6) is -4.00. The maximum absolute atomic E-state index is 13.6. The monoisotopic (exact) mass is 711 g/mol. The number of morpholine rings is 1. The number of hydrogen-bond acceptors (Lipinski definition) is 9. The highest BCUT2D eigenvalue weighted by Gasteiger charge is 2.42. The maximum atomic E-state index is 13.6. The lowest BCUT2D eigenvalue weighted by atomic mass is 10.1. The van der Waals surface area contributed by atoms with Crippen LogP contribution in [-0.4, -0.2) is 113 Å². The summed E-state index contributed by atoms with van der Waals surface area (Å²) in [6, 6.07) is 6.59. The fourth-order valence-electron chi connectivity index (χ4n) is 5.56. The van der Waals surface area contributed by atoms with Crippen molar-refractivity contribution in [3.8, 4) is 0 Å². The number of nitrogens with zero attached hydrogens (tertiary/aromatic N) is 2. The normalized spacial score (nSPS) is 19.2. The van der Waals surface area contributed by atoms with E-state index >= 15 is 0 Å². The van der Waals surface area contributed by atoms with Gasteiger partial charge in [0.15, 0.2) is 0 Å². The molecule has 2 aliphatic heterocycles. The minimum Gasteiger partial charge on any atom is -0.480 e. The topological polar surface area (TPSA) is 213 Å². The minimum absolute atomic E-state index is 0.0531. The number of rotatable bonds is 18. The molecule has 0 radical (unpaired) electrons. The molecule has 5 atom stereocenters. The highest BCUT2D eigenvalue weighted by Crippen LogP contribution is 2.49. The van der Waals surface area contributed by atoms with Crippen molar-refractivity contribution in [2.45, 2.75) is 95.8 Å². The lowest BCUT2D eigenvalue weighted by Gasteiger charge is -2.31. The molecule has 2 fully saturated rings. The maximum Gasteiger partial charge on any atom is 0.407 e. The number of ether oxygens (including phenoxy) is 2. The zero-order chi connectivity index (χ0) is 35.8. The average molecular weight is 712 g/mol. The molecule has 0 aliphatic carbocycles. The summed E-state index contributed by atoms with van der Waals surface area (Å²) < 4.78 is 29.5. The van der Waals surface area contributed by atoms with Crippen LogP contribution in [0.5, 0.6) is 0 Å². The quantitative estimate of drug-likeness (QED) is 0.110. The molecule has 2 aliphatic rings. The van der Waals surface area contributed by atoms with E-state index in [2.05, 4.69) is 16.0 Å². The lowest BCUT2D eigenvalue weighted by Crippen LogP contribution is -2.54. The van der Waals surface area contributed by atoms with Gasteiger partial charge in [0, 0.05) is 26.2 Å². The first kappa shape index (κ1) is 39.7. The molecule has 0 bridgehead atoms. The Hall–Kier alpha value is -3.72. The van der Waals surface area contributed by atoms with Gasteiger partial charge in [-0.3, -0.25) is 18.7 Å². The Kier molecular flexibility index (Phi) is 16.3. The number of nitrogens with one attached hydrogen (secondary N) is 3. The van der Waals surface area contributed by atoms with Gasteiger partial charge in [0.1, 0.15) is 30.6 Å². The largest absolute Gasteiger partial charge is 0.480 e. The van der Waals surface area contributed by atoms with Gasteiger partial charge in [-0.1, -0.05) is 50.1 Å². The van der Waals surface area contributed by atoms with Crippen LogP contribution < -0.4 is 16.0 Å². The second kappa shape index (κ2) is 20.1. The first-order valence-corrected chi connectivity index (χ1v) is 18.5. The van der Waals surface area contributed by atoms with Crippen LogP contribution in [0.15, 0.2) is 30.3 Å². The first-order valence-electron chi connectivity index (χ1n) is 16.8. The summed E-state index contributed by atoms with van der Waals surface area (Å²) in [7, 11) is -4.68. The molecule has 16 nitrogen and oxygen atoms in total. The highest BCUT2D eigenvalue weighted by molar-refractivity contribution is 7.53. The molecule has 3 rings (SSSR count). The number of carboxylic acid groups (broad SMARTS) is 1. The second-order valence-corrected chi connectivity index (χ2v) is 14.1. The van der Waals surface area contributed by atoms with Crippen LogP contribution in [0.3, 0.4) is 0 Å². The summed E-state index contributed by atoms with van der Waals surface area (Å²) >= 11 is 0. The van der Waals surface area contributed by atoms with Gasteiger partial charge in [-0.2, -0.15) is 0 Å². The molecule has 0 aromatic heterocycles. The minimum atomic E-state index is -4.68. The molecule has 5 N–H and O–H groups in total. The smallest absolute Gasteiger partial charge is 0.407 e. The van der Waals surface area contributed by atoms with Crippen LogP contribution in [0, 0.1) is 0 Å². The highest BCUT2D eigenvalue weighted by atomic mass is 31.2. The molecular formula is C32H50N5O11P. The fraction of sp³-hybridized carbons (Fsp3) is 0.656. The van der Waals surface area contributed by atoms with Gasteiger partial charge in [-0.25, -0.2) is 14.4 Å². The van der Waals surface area contributed by atoms with Crippen LogP contribution in [-0.2, 0) is 39.6 Å². The summed E-state index contributed by atoms with van der Waals surface area (Å²) in [6.07, 6.45) is 0.855. The SMILES string of the molecule is CCCC[C@@H](NC(=O)[C@H](CCCCNC(=O)OCc1ccccc1)NC(=O)N1CCOCC1)P(=O)(O)OC(C)C(=O)N1CCC[C@H]1C(=O)O. The van der Waals surface area contributed by atoms with Gasteiger partial charge in [0.2, 0.25) is 5.91 Å². The van der Waals surface area contributed by atoms with Crippen LogP contribution >= 0.6 is 7.60 Å². The Morgan fingerprint density at radius 3 is 2.41 bits per heavy atom. The molecule has 274 valence electrons. The van der Waals surface area contributed by atoms with Crippen LogP contribution in [0.25, 0.3) is 0 Å². The number of aliphatic carboxylic acids is 1. The van der Waals surface area contributed by atoms with E-state index in [-0.39, 0.29) is 39.0 Å². The summed E-state index contributed by atoms with van der Waals surface area (Å²) in [5, 5.41) is 17.4. The van der Waals surface area contributed by atoms with E-state index in [4.69, 9.17) is 14.0 Å². The fourth-order valence-corrected chi connectivity index (χ4v) is 7.05. The van der Waals surface area contributed by atoms with Gasteiger partial charge in [0.25, 0.3) is 5.91 Å². The van der Waals surface area contributed by atoms with E-state index in [0.717, 1.165) is 10.5 Å². The number of amides is 5. The van der Waals surface area contributed by atoms with Crippen molar-refractivity contribution in [3.05, 3.63) is 35.9 Å². The van der Waals surface area contributed by atoms with Crippen LogP contribution in [0.4, 0.5) is 9.59 Å². The Morgan fingerprint density at radius 2 is 1.73 bits per heavy atom. The van der Waals surface area contributed by atoms with Crippen LogP contribution in [0.1, 0.15) is 70.8 Å². The predicted octanol–water partition coefficient (Wildman–Crippen LogP) is 2.79. The molecule has 0 spiro atoms. The third-order valence-corrected chi connectivity index (χ3v) is 10.1. The Bertz CT molecular complexity index is 1300.